The normalized spacial score (nSPS) is 25.2. The van der Waals surface area contributed by atoms with Crippen LogP contribution in [0.25, 0.3) is 11.1 Å². The summed E-state index contributed by atoms with van der Waals surface area (Å²) >= 11 is 1.52. The molecule has 2 heterocycles. The third kappa shape index (κ3) is 2.80. The first-order valence-electron chi connectivity index (χ1n) is 9.27. The molecule has 0 bridgehead atoms. The van der Waals surface area contributed by atoms with Gasteiger partial charge in [-0.15, -0.1) is 11.3 Å². The fourth-order valence-electron chi connectivity index (χ4n) is 4.13. The van der Waals surface area contributed by atoms with Crippen LogP contribution in [0.5, 0.6) is 0 Å². The minimum absolute atomic E-state index is 0.0144. The van der Waals surface area contributed by atoms with Crippen LogP contribution >= 0.6 is 11.3 Å². The van der Waals surface area contributed by atoms with Gasteiger partial charge in [-0.05, 0) is 60.4 Å². The lowest BCUT2D eigenvalue weighted by Crippen LogP contribution is -2.56. The van der Waals surface area contributed by atoms with Crippen molar-refractivity contribution in [2.24, 2.45) is 22.6 Å². The van der Waals surface area contributed by atoms with Crippen LogP contribution in [0.4, 0.5) is 4.39 Å². The molecule has 2 atom stereocenters. The van der Waals surface area contributed by atoms with Gasteiger partial charge in [0.15, 0.2) is 5.96 Å². The standard InChI is InChI=1S/C21H21FN4OS/c1-21(18(12-4-3-5-12)19(27)26(2)20(24)25-21)17-9-15(11-28-17)13-6-7-16(22)14(8-13)10-23/h6-9,11-12,18H,3-5H2,1-2H3,(H2,24,25)/t18-,21-/m1/s1. The summed E-state index contributed by atoms with van der Waals surface area (Å²) in [5.74, 6) is -0.224. The topological polar surface area (TPSA) is 82.5 Å². The lowest BCUT2D eigenvalue weighted by molar-refractivity contribution is -0.138. The van der Waals surface area contributed by atoms with E-state index in [1.165, 1.54) is 22.3 Å². The van der Waals surface area contributed by atoms with E-state index in [1.54, 1.807) is 19.2 Å². The average molecular weight is 396 g/mol. The number of nitrogens with zero attached hydrogens (tertiary/aromatic N) is 3. The van der Waals surface area contributed by atoms with Crippen molar-refractivity contribution in [3.63, 3.8) is 0 Å². The summed E-state index contributed by atoms with van der Waals surface area (Å²) in [5, 5.41) is 11.1. The van der Waals surface area contributed by atoms with Gasteiger partial charge in [0.1, 0.15) is 17.4 Å². The maximum absolute atomic E-state index is 13.7. The molecule has 4 rings (SSSR count). The van der Waals surface area contributed by atoms with Crippen molar-refractivity contribution in [3.8, 4) is 17.2 Å². The molecule has 5 nitrogen and oxygen atoms in total. The molecule has 7 heteroatoms. The summed E-state index contributed by atoms with van der Waals surface area (Å²) in [6.45, 7) is 1.98. The second kappa shape index (κ2) is 6.71. The number of benzene rings is 1. The van der Waals surface area contributed by atoms with Gasteiger partial charge >= 0.3 is 0 Å². The van der Waals surface area contributed by atoms with Gasteiger partial charge in [0.2, 0.25) is 5.91 Å². The molecule has 2 N–H and O–H groups in total. The molecule has 1 aromatic heterocycles. The maximum atomic E-state index is 13.7. The first-order valence-corrected chi connectivity index (χ1v) is 10.1. The molecule has 2 aromatic rings. The van der Waals surface area contributed by atoms with Gasteiger partial charge in [-0.25, -0.2) is 9.38 Å². The summed E-state index contributed by atoms with van der Waals surface area (Å²) in [6, 6.07) is 8.37. The Bertz CT molecular complexity index is 1020. The van der Waals surface area contributed by atoms with Gasteiger partial charge in [-0.3, -0.25) is 9.69 Å². The highest BCUT2D eigenvalue weighted by Crippen LogP contribution is 2.49. The number of thiophene rings is 1. The third-order valence-corrected chi connectivity index (χ3v) is 7.19. The quantitative estimate of drug-likeness (QED) is 0.856. The number of nitrogens with two attached hydrogens (primary N) is 1. The molecule has 1 fully saturated rings. The third-order valence-electron chi connectivity index (χ3n) is 6.03. The van der Waals surface area contributed by atoms with E-state index in [1.807, 2.05) is 24.4 Å². The first-order chi connectivity index (χ1) is 13.3. The Labute approximate surface area is 167 Å². The van der Waals surface area contributed by atoms with Crippen LogP contribution in [0, 0.1) is 29.0 Å². The molecule has 1 saturated carbocycles. The zero-order chi connectivity index (χ0) is 20.1. The Morgan fingerprint density at radius 3 is 2.75 bits per heavy atom. The van der Waals surface area contributed by atoms with E-state index in [2.05, 4.69) is 0 Å². The molecule has 1 amide bonds. The van der Waals surface area contributed by atoms with Gasteiger partial charge in [0.25, 0.3) is 0 Å². The summed E-state index contributed by atoms with van der Waals surface area (Å²) in [5.41, 5.74) is 6.99. The zero-order valence-corrected chi connectivity index (χ0v) is 16.6. The molecule has 144 valence electrons. The van der Waals surface area contributed by atoms with E-state index in [9.17, 15) is 9.18 Å². The van der Waals surface area contributed by atoms with Crippen LogP contribution in [-0.2, 0) is 10.3 Å². The van der Waals surface area contributed by atoms with E-state index in [-0.39, 0.29) is 23.3 Å². The predicted octanol–water partition coefficient (Wildman–Crippen LogP) is 3.84. The van der Waals surface area contributed by atoms with Crippen molar-refractivity contribution in [2.75, 3.05) is 7.05 Å². The number of rotatable bonds is 3. The zero-order valence-electron chi connectivity index (χ0n) is 15.8. The van der Waals surface area contributed by atoms with E-state index < -0.39 is 11.4 Å². The molecule has 28 heavy (non-hydrogen) atoms. The average Bonchev–Trinajstić information content (AvgIpc) is 3.13. The SMILES string of the molecule is CN1C(=O)[C@@H](C2CCC2)[C@@](C)(c2cc(-c3ccc(F)c(C#N)c3)cs2)N=C1N. The van der Waals surface area contributed by atoms with Gasteiger partial charge < -0.3 is 5.73 Å². The molecular formula is C21H21FN4OS. The number of hydrogen-bond acceptors (Lipinski definition) is 5. The van der Waals surface area contributed by atoms with Crippen molar-refractivity contribution in [1.82, 2.24) is 4.90 Å². The molecular weight excluding hydrogens is 375 g/mol. The fourth-order valence-corrected chi connectivity index (χ4v) is 5.19. The number of aliphatic imine (C=N–C) groups is 1. The van der Waals surface area contributed by atoms with Crippen LogP contribution < -0.4 is 5.73 Å². The molecule has 0 saturated heterocycles. The fraction of sp³-hybridized carbons (Fsp3) is 0.381. The molecule has 1 aliphatic heterocycles. The number of nitriles is 1. The molecule has 2 aliphatic rings. The van der Waals surface area contributed by atoms with Crippen LogP contribution in [0.2, 0.25) is 0 Å². The van der Waals surface area contributed by atoms with Crippen molar-refractivity contribution in [3.05, 3.63) is 45.9 Å². The highest BCUT2D eigenvalue weighted by Gasteiger charge is 2.51. The van der Waals surface area contributed by atoms with Crippen LogP contribution in [0.3, 0.4) is 0 Å². The van der Waals surface area contributed by atoms with E-state index in [0.717, 1.165) is 35.3 Å². The number of hydrogen-bond donors (Lipinski definition) is 1. The van der Waals surface area contributed by atoms with Gasteiger partial charge in [0.05, 0.1) is 11.5 Å². The maximum Gasteiger partial charge on any atom is 0.235 e. The monoisotopic (exact) mass is 396 g/mol. The van der Waals surface area contributed by atoms with Gasteiger partial charge in [-0.1, -0.05) is 12.5 Å². The highest BCUT2D eigenvalue weighted by atomic mass is 32.1. The first kappa shape index (κ1) is 18.6. The second-order valence-electron chi connectivity index (χ2n) is 7.69. The smallest absolute Gasteiger partial charge is 0.235 e. The molecule has 1 aromatic carbocycles. The second-order valence-corrected chi connectivity index (χ2v) is 8.60. The lowest BCUT2D eigenvalue weighted by Gasteiger charge is -2.46. The minimum Gasteiger partial charge on any atom is -0.369 e. The summed E-state index contributed by atoms with van der Waals surface area (Å²) in [6.07, 6.45) is 3.18. The lowest BCUT2D eigenvalue weighted by atomic mass is 9.66. The Morgan fingerprint density at radius 2 is 2.11 bits per heavy atom. The number of guanidine groups is 1. The van der Waals surface area contributed by atoms with E-state index in [0.29, 0.717) is 5.92 Å². The van der Waals surface area contributed by atoms with Gasteiger partial charge in [0, 0.05) is 11.9 Å². The largest absolute Gasteiger partial charge is 0.369 e. The summed E-state index contributed by atoms with van der Waals surface area (Å²) < 4.78 is 13.7. The molecule has 0 unspecified atom stereocenters. The number of halogens is 1. The summed E-state index contributed by atoms with van der Waals surface area (Å²) in [4.78, 5) is 20.2. The number of carbonyl (C=O) groups is 1. The Morgan fingerprint density at radius 1 is 1.36 bits per heavy atom. The van der Waals surface area contributed by atoms with Gasteiger partial charge in [-0.2, -0.15) is 5.26 Å². The number of amides is 1. The molecule has 1 aliphatic carbocycles. The highest BCUT2D eigenvalue weighted by molar-refractivity contribution is 7.10. The van der Waals surface area contributed by atoms with Crippen molar-refractivity contribution < 1.29 is 9.18 Å². The Kier molecular flexibility index (Phi) is 4.47. The number of carbonyl (C=O) groups excluding carboxylic acids is 1. The Balaban J connectivity index is 1.77. The van der Waals surface area contributed by atoms with Crippen molar-refractivity contribution >= 4 is 23.2 Å². The van der Waals surface area contributed by atoms with Crippen LogP contribution in [-0.4, -0.2) is 23.8 Å². The van der Waals surface area contributed by atoms with E-state index in [4.69, 9.17) is 16.0 Å². The minimum atomic E-state index is -0.722. The van der Waals surface area contributed by atoms with Crippen molar-refractivity contribution in [1.29, 1.82) is 5.26 Å². The van der Waals surface area contributed by atoms with E-state index >= 15 is 0 Å². The summed E-state index contributed by atoms with van der Waals surface area (Å²) in [7, 11) is 1.67. The Hall–Kier alpha value is -2.72. The molecule has 0 spiro atoms. The predicted molar refractivity (Wildman–Crippen MR) is 107 cm³/mol. The van der Waals surface area contributed by atoms with Crippen LogP contribution in [0.1, 0.15) is 36.6 Å². The van der Waals surface area contributed by atoms with Crippen LogP contribution in [0.15, 0.2) is 34.6 Å². The molecule has 0 radical (unpaired) electrons. The van der Waals surface area contributed by atoms with Crippen molar-refractivity contribution in [2.45, 2.75) is 31.7 Å².